The Labute approximate surface area is 162 Å². The molecule has 0 bridgehead atoms. The van der Waals surface area contributed by atoms with Gasteiger partial charge in [-0.25, -0.2) is 0 Å². The molecule has 0 saturated carbocycles. The van der Waals surface area contributed by atoms with E-state index in [9.17, 15) is 0 Å². The van der Waals surface area contributed by atoms with Crippen LogP contribution < -0.4 is 0 Å². The van der Waals surface area contributed by atoms with Gasteiger partial charge in [0, 0.05) is 0 Å². The molecule has 0 aliphatic rings. The number of thiol groups is 1. The summed E-state index contributed by atoms with van der Waals surface area (Å²) >= 11 is 5.77. The Balaban J connectivity index is 0.000000701. The van der Waals surface area contributed by atoms with Crippen LogP contribution >= 0.6 is 24.4 Å². The predicted molar refractivity (Wildman–Crippen MR) is 117 cm³/mol. The van der Waals surface area contributed by atoms with E-state index in [1.54, 1.807) is 0 Å². The summed E-state index contributed by atoms with van der Waals surface area (Å²) in [7, 11) is 0. The van der Waals surface area contributed by atoms with Crippen molar-refractivity contribution < 1.29 is 0 Å². The number of rotatable bonds is 5. The van der Waals surface area contributed by atoms with E-state index in [0.29, 0.717) is 0 Å². The van der Waals surface area contributed by atoms with Crippen molar-refractivity contribution in [3.63, 3.8) is 0 Å². The zero-order valence-electron chi connectivity index (χ0n) is 14.9. The SMILES string of the molecule is CCS.CCSC(c1ccccc1)(c1ccccc1)c1ccccc1. The summed E-state index contributed by atoms with van der Waals surface area (Å²) in [5.74, 6) is 2.00. The van der Waals surface area contributed by atoms with Crippen LogP contribution in [0.25, 0.3) is 0 Å². The zero-order valence-corrected chi connectivity index (χ0v) is 16.6. The maximum atomic E-state index is 3.79. The average molecular weight is 367 g/mol. The van der Waals surface area contributed by atoms with Gasteiger partial charge in [0.2, 0.25) is 0 Å². The Morgan fingerprint density at radius 1 is 0.640 bits per heavy atom. The van der Waals surface area contributed by atoms with Gasteiger partial charge in [-0.2, -0.15) is 12.6 Å². The molecule has 0 aromatic heterocycles. The highest BCUT2D eigenvalue weighted by atomic mass is 32.2. The first kappa shape index (κ1) is 19.7. The first-order chi connectivity index (χ1) is 12.3. The average Bonchev–Trinajstić information content (AvgIpc) is 2.69. The fourth-order valence-electron chi connectivity index (χ4n) is 2.99. The van der Waals surface area contributed by atoms with Crippen LogP contribution in [0.3, 0.4) is 0 Å². The number of hydrogen-bond donors (Lipinski definition) is 1. The monoisotopic (exact) mass is 366 g/mol. The van der Waals surface area contributed by atoms with Crippen LogP contribution in [0.1, 0.15) is 30.5 Å². The molecule has 3 aromatic rings. The normalized spacial score (nSPS) is 10.7. The molecule has 0 unspecified atom stereocenters. The molecule has 0 aliphatic heterocycles. The summed E-state index contributed by atoms with van der Waals surface area (Å²) in [6.45, 7) is 4.22. The second-order valence-corrected chi connectivity index (χ2v) is 7.64. The van der Waals surface area contributed by atoms with Crippen LogP contribution in [0.4, 0.5) is 0 Å². The molecule has 3 aromatic carbocycles. The molecule has 130 valence electrons. The fraction of sp³-hybridized carbons (Fsp3) is 0.217. The molecule has 0 saturated heterocycles. The first-order valence-corrected chi connectivity index (χ1v) is 10.3. The van der Waals surface area contributed by atoms with Crippen molar-refractivity contribution in [2.24, 2.45) is 0 Å². The minimum Gasteiger partial charge on any atom is -0.180 e. The van der Waals surface area contributed by atoms with Crippen LogP contribution in [0.15, 0.2) is 91.0 Å². The van der Waals surface area contributed by atoms with Gasteiger partial charge < -0.3 is 0 Å². The minimum atomic E-state index is -0.154. The number of thioether (sulfide) groups is 1. The largest absolute Gasteiger partial charge is 0.180 e. The maximum Gasteiger partial charge on any atom is 0.0906 e. The molecule has 0 aliphatic carbocycles. The van der Waals surface area contributed by atoms with Gasteiger partial charge in [0.1, 0.15) is 0 Å². The van der Waals surface area contributed by atoms with E-state index >= 15 is 0 Å². The van der Waals surface area contributed by atoms with Gasteiger partial charge >= 0.3 is 0 Å². The summed E-state index contributed by atoms with van der Waals surface area (Å²) in [5.41, 5.74) is 4.00. The van der Waals surface area contributed by atoms with E-state index in [2.05, 4.69) is 111 Å². The van der Waals surface area contributed by atoms with Crippen LogP contribution in [0, 0.1) is 0 Å². The summed E-state index contributed by atoms with van der Waals surface area (Å²) in [6, 6.07) is 32.5. The Hall–Kier alpha value is -1.64. The van der Waals surface area contributed by atoms with E-state index in [4.69, 9.17) is 0 Å². The molecule has 0 N–H and O–H groups in total. The van der Waals surface area contributed by atoms with Crippen LogP contribution in [-0.2, 0) is 4.75 Å². The van der Waals surface area contributed by atoms with E-state index < -0.39 is 0 Å². The molecule has 3 rings (SSSR count). The lowest BCUT2D eigenvalue weighted by Gasteiger charge is -2.35. The third-order valence-corrected chi connectivity index (χ3v) is 5.33. The predicted octanol–water partition coefficient (Wildman–Crippen LogP) is 6.67. The molecule has 2 heteroatoms. The van der Waals surface area contributed by atoms with Crippen LogP contribution in [0.5, 0.6) is 0 Å². The van der Waals surface area contributed by atoms with Gasteiger partial charge in [0.25, 0.3) is 0 Å². The third kappa shape index (κ3) is 4.71. The number of benzene rings is 3. The topological polar surface area (TPSA) is 0 Å². The Morgan fingerprint density at radius 2 is 0.920 bits per heavy atom. The summed E-state index contributed by atoms with van der Waals surface area (Å²) in [6.07, 6.45) is 0. The Morgan fingerprint density at radius 3 is 1.16 bits per heavy atom. The van der Waals surface area contributed by atoms with E-state index in [-0.39, 0.29) is 4.75 Å². The van der Waals surface area contributed by atoms with Gasteiger partial charge in [0.15, 0.2) is 0 Å². The highest BCUT2D eigenvalue weighted by Crippen LogP contribution is 2.48. The standard InChI is InChI=1S/C21H20S.C2H6S/c1-2-22-21(18-12-6-3-7-13-18,19-14-8-4-9-15-19)20-16-10-5-11-17-20;1-2-3/h3-17H,2H2,1H3;3H,2H2,1H3. The second-order valence-electron chi connectivity index (χ2n) is 5.53. The van der Waals surface area contributed by atoms with Crippen molar-refractivity contribution in [3.8, 4) is 0 Å². The lowest BCUT2D eigenvalue weighted by molar-refractivity contribution is 0.895. The minimum absolute atomic E-state index is 0.154. The lowest BCUT2D eigenvalue weighted by atomic mass is 9.84. The molecule has 0 nitrogen and oxygen atoms in total. The third-order valence-electron chi connectivity index (χ3n) is 3.90. The molecule has 0 heterocycles. The van der Waals surface area contributed by atoms with Crippen molar-refractivity contribution in [2.45, 2.75) is 18.6 Å². The summed E-state index contributed by atoms with van der Waals surface area (Å²) in [5, 5.41) is 0. The van der Waals surface area contributed by atoms with Crippen molar-refractivity contribution in [2.75, 3.05) is 11.5 Å². The highest BCUT2D eigenvalue weighted by Gasteiger charge is 2.35. The molecular weight excluding hydrogens is 340 g/mol. The van der Waals surface area contributed by atoms with E-state index in [1.807, 2.05) is 18.7 Å². The molecule has 0 fully saturated rings. The van der Waals surface area contributed by atoms with Crippen LogP contribution in [0.2, 0.25) is 0 Å². The Bertz CT molecular complexity index is 612. The molecule has 0 atom stereocenters. The zero-order chi connectivity index (χ0) is 18.0. The molecule has 0 amide bonds. The summed E-state index contributed by atoms with van der Waals surface area (Å²) < 4.78 is -0.154. The van der Waals surface area contributed by atoms with Crippen LogP contribution in [-0.4, -0.2) is 11.5 Å². The molecule has 0 spiro atoms. The van der Waals surface area contributed by atoms with E-state index in [0.717, 1.165) is 11.5 Å². The van der Waals surface area contributed by atoms with Crippen molar-refractivity contribution >= 4 is 24.4 Å². The van der Waals surface area contributed by atoms with Crippen molar-refractivity contribution in [1.29, 1.82) is 0 Å². The lowest BCUT2D eigenvalue weighted by Crippen LogP contribution is -2.25. The second kappa shape index (κ2) is 10.4. The molecule has 25 heavy (non-hydrogen) atoms. The van der Waals surface area contributed by atoms with Gasteiger partial charge in [0.05, 0.1) is 4.75 Å². The van der Waals surface area contributed by atoms with E-state index in [1.165, 1.54) is 16.7 Å². The fourth-order valence-corrected chi connectivity index (χ4v) is 4.33. The molecule has 0 radical (unpaired) electrons. The highest BCUT2D eigenvalue weighted by molar-refractivity contribution is 8.00. The first-order valence-electron chi connectivity index (χ1n) is 8.71. The Kier molecular flexibility index (Phi) is 8.17. The quantitative estimate of drug-likeness (QED) is 0.389. The van der Waals surface area contributed by atoms with Gasteiger partial charge in [-0.3, -0.25) is 0 Å². The smallest absolute Gasteiger partial charge is 0.0906 e. The summed E-state index contributed by atoms with van der Waals surface area (Å²) in [4.78, 5) is 0. The maximum absolute atomic E-state index is 3.79. The molecular formula is C23H26S2. The van der Waals surface area contributed by atoms with Gasteiger partial charge in [-0.05, 0) is 28.2 Å². The van der Waals surface area contributed by atoms with Crippen molar-refractivity contribution in [1.82, 2.24) is 0 Å². The number of hydrogen-bond acceptors (Lipinski definition) is 2. The van der Waals surface area contributed by atoms with Gasteiger partial charge in [-0.15, -0.1) is 11.8 Å². The van der Waals surface area contributed by atoms with Gasteiger partial charge in [-0.1, -0.05) is 105 Å². The van der Waals surface area contributed by atoms with Crippen molar-refractivity contribution in [3.05, 3.63) is 108 Å².